The number of carbonyl (C=O) groups excluding carboxylic acids is 1. The van der Waals surface area contributed by atoms with Gasteiger partial charge < -0.3 is 10.6 Å². The zero-order valence-electron chi connectivity index (χ0n) is 11.4. The first-order chi connectivity index (χ1) is 9.25. The van der Waals surface area contributed by atoms with E-state index in [1.54, 1.807) is 11.8 Å². The summed E-state index contributed by atoms with van der Waals surface area (Å²) in [5, 5.41) is 6.38. The molecule has 3 nitrogen and oxygen atoms in total. The van der Waals surface area contributed by atoms with E-state index in [0.717, 1.165) is 36.0 Å². The van der Waals surface area contributed by atoms with E-state index in [-0.39, 0.29) is 5.91 Å². The van der Waals surface area contributed by atoms with Crippen LogP contribution >= 0.6 is 11.8 Å². The minimum absolute atomic E-state index is 0.100. The second kappa shape index (κ2) is 7.56. The Balaban J connectivity index is 1.68. The molecular formula is C15H22N2OS. The minimum Gasteiger partial charge on any atom is -0.325 e. The van der Waals surface area contributed by atoms with E-state index in [1.165, 1.54) is 12.8 Å². The number of anilines is 1. The summed E-state index contributed by atoms with van der Waals surface area (Å²) in [5.74, 6) is 2.45. The molecule has 19 heavy (non-hydrogen) atoms. The Hall–Kier alpha value is -1.000. The lowest BCUT2D eigenvalue weighted by Crippen LogP contribution is -2.31. The van der Waals surface area contributed by atoms with Crippen LogP contribution < -0.4 is 10.6 Å². The summed E-state index contributed by atoms with van der Waals surface area (Å²) in [6, 6.07) is 7.89. The van der Waals surface area contributed by atoms with Gasteiger partial charge in [-0.3, -0.25) is 4.79 Å². The minimum atomic E-state index is 0.100. The average molecular weight is 278 g/mol. The SMILES string of the molecule is Cc1ccccc1NC(=O)CSCC1CCCNC1. The van der Waals surface area contributed by atoms with Gasteiger partial charge in [0.2, 0.25) is 5.91 Å². The molecule has 1 amide bonds. The van der Waals surface area contributed by atoms with Gasteiger partial charge >= 0.3 is 0 Å². The summed E-state index contributed by atoms with van der Waals surface area (Å²) in [6.45, 7) is 4.26. The lowest BCUT2D eigenvalue weighted by molar-refractivity contribution is -0.113. The maximum atomic E-state index is 11.9. The first-order valence-corrected chi connectivity index (χ1v) is 8.05. The maximum Gasteiger partial charge on any atom is 0.234 e. The van der Waals surface area contributed by atoms with Gasteiger partial charge in [0.15, 0.2) is 0 Å². The summed E-state index contributed by atoms with van der Waals surface area (Å²) >= 11 is 1.74. The third kappa shape index (κ3) is 4.88. The van der Waals surface area contributed by atoms with Crippen LogP contribution in [0.2, 0.25) is 0 Å². The van der Waals surface area contributed by atoms with Crippen molar-refractivity contribution in [3.63, 3.8) is 0 Å². The van der Waals surface area contributed by atoms with Crippen molar-refractivity contribution in [1.82, 2.24) is 5.32 Å². The Morgan fingerprint density at radius 3 is 3.05 bits per heavy atom. The summed E-state index contributed by atoms with van der Waals surface area (Å²) < 4.78 is 0. The largest absolute Gasteiger partial charge is 0.325 e. The Labute approximate surface area is 119 Å². The van der Waals surface area contributed by atoms with Gasteiger partial charge in [-0.15, -0.1) is 0 Å². The molecule has 0 saturated carbocycles. The summed E-state index contributed by atoms with van der Waals surface area (Å²) in [7, 11) is 0. The van der Waals surface area contributed by atoms with Gasteiger partial charge in [-0.05, 0) is 56.2 Å². The van der Waals surface area contributed by atoms with Crippen molar-refractivity contribution < 1.29 is 4.79 Å². The number of para-hydroxylation sites is 1. The number of aryl methyl sites for hydroxylation is 1. The molecule has 1 heterocycles. The van der Waals surface area contributed by atoms with Gasteiger partial charge in [-0.1, -0.05) is 18.2 Å². The van der Waals surface area contributed by atoms with Crippen LogP contribution in [0.25, 0.3) is 0 Å². The molecule has 2 N–H and O–H groups in total. The molecule has 0 aliphatic carbocycles. The van der Waals surface area contributed by atoms with Crippen LogP contribution in [0.4, 0.5) is 5.69 Å². The van der Waals surface area contributed by atoms with Crippen LogP contribution in [0, 0.1) is 12.8 Å². The highest BCUT2D eigenvalue weighted by Gasteiger charge is 2.13. The molecule has 1 saturated heterocycles. The molecule has 1 atom stereocenters. The van der Waals surface area contributed by atoms with Crippen LogP contribution in [0.3, 0.4) is 0 Å². The van der Waals surface area contributed by atoms with Gasteiger partial charge in [0.05, 0.1) is 5.75 Å². The quantitative estimate of drug-likeness (QED) is 0.870. The molecule has 0 bridgehead atoms. The fourth-order valence-electron chi connectivity index (χ4n) is 2.28. The molecule has 1 aliphatic heterocycles. The zero-order valence-corrected chi connectivity index (χ0v) is 12.3. The van der Waals surface area contributed by atoms with Gasteiger partial charge in [0, 0.05) is 5.69 Å². The highest BCUT2D eigenvalue weighted by molar-refractivity contribution is 7.99. The molecule has 0 spiro atoms. The van der Waals surface area contributed by atoms with Gasteiger partial charge in [0.1, 0.15) is 0 Å². The van der Waals surface area contributed by atoms with Crippen molar-refractivity contribution in [3.05, 3.63) is 29.8 Å². The fourth-order valence-corrected chi connectivity index (χ4v) is 3.28. The molecule has 1 aromatic rings. The van der Waals surface area contributed by atoms with Crippen molar-refractivity contribution in [2.45, 2.75) is 19.8 Å². The van der Waals surface area contributed by atoms with Crippen molar-refractivity contribution in [2.75, 3.05) is 29.9 Å². The highest BCUT2D eigenvalue weighted by atomic mass is 32.2. The topological polar surface area (TPSA) is 41.1 Å². The smallest absolute Gasteiger partial charge is 0.234 e. The molecule has 1 fully saturated rings. The van der Waals surface area contributed by atoms with Crippen LogP contribution in [-0.2, 0) is 4.79 Å². The number of rotatable bonds is 5. The summed E-state index contributed by atoms with van der Waals surface area (Å²) in [4.78, 5) is 11.9. The normalized spacial score (nSPS) is 19.1. The average Bonchev–Trinajstić information content (AvgIpc) is 2.43. The number of carbonyl (C=O) groups is 1. The second-order valence-corrected chi connectivity index (χ2v) is 6.12. The number of benzene rings is 1. The standard InChI is InChI=1S/C15H22N2OS/c1-12-5-2-3-7-14(12)17-15(18)11-19-10-13-6-4-8-16-9-13/h2-3,5,7,13,16H,4,6,8-11H2,1H3,(H,17,18). The number of thioether (sulfide) groups is 1. The Kier molecular flexibility index (Phi) is 5.73. The molecule has 1 aromatic carbocycles. The van der Waals surface area contributed by atoms with E-state index in [4.69, 9.17) is 0 Å². The molecule has 0 aromatic heterocycles. The molecule has 1 unspecified atom stereocenters. The third-order valence-corrected chi connectivity index (χ3v) is 4.58. The predicted octanol–water partition coefficient (Wildman–Crippen LogP) is 2.67. The van der Waals surface area contributed by atoms with Crippen LogP contribution in [0.1, 0.15) is 18.4 Å². The van der Waals surface area contributed by atoms with Gasteiger partial charge in [-0.2, -0.15) is 11.8 Å². The lowest BCUT2D eigenvalue weighted by Gasteiger charge is -2.22. The number of nitrogens with one attached hydrogen (secondary N) is 2. The van der Waals surface area contributed by atoms with E-state index in [9.17, 15) is 4.79 Å². The van der Waals surface area contributed by atoms with E-state index in [1.807, 2.05) is 31.2 Å². The summed E-state index contributed by atoms with van der Waals surface area (Å²) in [5.41, 5.74) is 2.03. The summed E-state index contributed by atoms with van der Waals surface area (Å²) in [6.07, 6.45) is 2.56. The Morgan fingerprint density at radius 2 is 2.32 bits per heavy atom. The predicted molar refractivity (Wildman–Crippen MR) is 82.7 cm³/mol. The van der Waals surface area contributed by atoms with Crippen molar-refractivity contribution in [1.29, 1.82) is 0 Å². The Morgan fingerprint density at radius 1 is 1.47 bits per heavy atom. The molecule has 2 rings (SSSR count). The maximum absolute atomic E-state index is 11.9. The fraction of sp³-hybridized carbons (Fsp3) is 0.533. The van der Waals surface area contributed by atoms with Gasteiger partial charge in [-0.25, -0.2) is 0 Å². The molecule has 104 valence electrons. The molecule has 1 aliphatic rings. The van der Waals surface area contributed by atoms with Crippen molar-refractivity contribution in [2.24, 2.45) is 5.92 Å². The molecule has 4 heteroatoms. The highest BCUT2D eigenvalue weighted by Crippen LogP contribution is 2.17. The number of amides is 1. The molecular weight excluding hydrogens is 256 g/mol. The molecule has 0 radical (unpaired) electrons. The van der Waals surface area contributed by atoms with E-state index in [0.29, 0.717) is 5.75 Å². The van der Waals surface area contributed by atoms with E-state index < -0.39 is 0 Å². The van der Waals surface area contributed by atoms with E-state index >= 15 is 0 Å². The number of hydrogen-bond donors (Lipinski definition) is 2. The Bertz CT molecular complexity index is 416. The second-order valence-electron chi connectivity index (χ2n) is 5.09. The van der Waals surface area contributed by atoms with Crippen molar-refractivity contribution >= 4 is 23.4 Å². The van der Waals surface area contributed by atoms with Crippen molar-refractivity contribution in [3.8, 4) is 0 Å². The van der Waals surface area contributed by atoms with Crippen LogP contribution in [0.15, 0.2) is 24.3 Å². The van der Waals surface area contributed by atoms with Crippen LogP contribution in [0.5, 0.6) is 0 Å². The van der Waals surface area contributed by atoms with E-state index in [2.05, 4.69) is 10.6 Å². The number of hydrogen-bond acceptors (Lipinski definition) is 3. The first kappa shape index (κ1) is 14.4. The zero-order chi connectivity index (χ0) is 13.5. The first-order valence-electron chi connectivity index (χ1n) is 6.89. The third-order valence-electron chi connectivity index (χ3n) is 3.40. The lowest BCUT2D eigenvalue weighted by atomic mass is 10.0. The number of piperidine rings is 1. The van der Waals surface area contributed by atoms with Crippen LogP contribution in [-0.4, -0.2) is 30.5 Å². The van der Waals surface area contributed by atoms with Gasteiger partial charge in [0.25, 0.3) is 0 Å². The monoisotopic (exact) mass is 278 g/mol.